The third-order valence-electron chi connectivity index (χ3n) is 10.9. The van der Waals surface area contributed by atoms with Crippen LogP contribution in [0.25, 0.3) is 0 Å². The summed E-state index contributed by atoms with van der Waals surface area (Å²) in [6, 6.07) is -0.885. The summed E-state index contributed by atoms with van der Waals surface area (Å²) in [6.45, 7) is 4.65. The van der Waals surface area contributed by atoms with Gasteiger partial charge >= 0.3 is 0 Å². The molecule has 3 atom stereocenters. The van der Waals surface area contributed by atoms with Crippen LogP contribution in [0.5, 0.6) is 0 Å². The molecule has 9 heteroatoms. The zero-order chi connectivity index (χ0) is 42.1. The Morgan fingerprint density at radius 2 is 0.965 bits per heavy atom. The molecule has 338 valence electrons. The van der Waals surface area contributed by atoms with Crippen LogP contribution in [-0.2, 0) is 18.4 Å². The number of carbonyl (C=O) groups is 1. The molecule has 0 aliphatic heterocycles. The summed E-state index contributed by atoms with van der Waals surface area (Å²) in [5, 5.41) is 13.8. The predicted molar refractivity (Wildman–Crippen MR) is 242 cm³/mol. The average Bonchev–Trinajstić information content (AvgIpc) is 3.16. The van der Waals surface area contributed by atoms with E-state index in [1.165, 1.54) is 167 Å². The number of aliphatic hydroxyl groups excluding tert-OH is 1. The lowest BCUT2D eigenvalue weighted by Gasteiger charge is -2.29. The van der Waals surface area contributed by atoms with E-state index >= 15 is 0 Å². The van der Waals surface area contributed by atoms with Crippen molar-refractivity contribution in [2.75, 3.05) is 40.9 Å². The van der Waals surface area contributed by atoms with Crippen molar-refractivity contribution in [1.29, 1.82) is 0 Å². The molecule has 57 heavy (non-hydrogen) atoms. The Kier molecular flexibility index (Phi) is 39.7. The molecule has 2 N–H and O–H groups in total. The summed E-state index contributed by atoms with van der Waals surface area (Å²) in [4.78, 5) is 25.3. The minimum atomic E-state index is -4.59. The monoisotopic (exact) mass is 827 g/mol. The van der Waals surface area contributed by atoms with E-state index in [0.29, 0.717) is 17.4 Å². The van der Waals surface area contributed by atoms with Gasteiger partial charge in [0, 0.05) is 6.42 Å². The van der Waals surface area contributed by atoms with Gasteiger partial charge in [0.25, 0.3) is 7.82 Å². The van der Waals surface area contributed by atoms with Crippen molar-refractivity contribution in [2.24, 2.45) is 0 Å². The number of amides is 1. The van der Waals surface area contributed by atoms with Crippen molar-refractivity contribution >= 4 is 13.7 Å². The minimum Gasteiger partial charge on any atom is -0.756 e. The van der Waals surface area contributed by atoms with Gasteiger partial charge in [-0.25, -0.2) is 0 Å². The molecule has 1 amide bonds. The molecule has 0 saturated carbocycles. The van der Waals surface area contributed by atoms with Crippen LogP contribution in [-0.4, -0.2) is 68.5 Å². The number of allylic oxidation sites excluding steroid dienone is 3. The maximum absolute atomic E-state index is 12.9. The van der Waals surface area contributed by atoms with Crippen LogP contribution in [0.2, 0.25) is 0 Å². The van der Waals surface area contributed by atoms with Crippen molar-refractivity contribution in [3.8, 4) is 0 Å². The number of quaternary nitrogens is 1. The number of phosphoric ester groups is 1. The second kappa shape index (κ2) is 40.4. The Balaban J connectivity index is 4.29. The molecule has 0 aliphatic carbocycles. The van der Waals surface area contributed by atoms with Crippen molar-refractivity contribution in [1.82, 2.24) is 5.32 Å². The van der Waals surface area contributed by atoms with E-state index in [1.807, 2.05) is 27.2 Å². The lowest BCUT2D eigenvalue weighted by molar-refractivity contribution is -0.870. The molecule has 0 radical (unpaired) electrons. The topological polar surface area (TPSA) is 108 Å². The van der Waals surface area contributed by atoms with Gasteiger partial charge in [0.15, 0.2) is 0 Å². The number of rotatable bonds is 44. The Morgan fingerprint density at radius 3 is 1.37 bits per heavy atom. The molecule has 0 aliphatic rings. The van der Waals surface area contributed by atoms with Crippen molar-refractivity contribution < 1.29 is 32.9 Å². The molecule has 0 aromatic carbocycles. The van der Waals surface area contributed by atoms with Gasteiger partial charge in [0.1, 0.15) is 13.2 Å². The fourth-order valence-electron chi connectivity index (χ4n) is 7.03. The van der Waals surface area contributed by atoms with Crippen molar-refractivity contribution in [3.05, 3.63) is 24.3 Å². The Hall–Kier alpha value is -1.02. The highest BCUT2D eigenvalue weighted by molar-refractivity contribution is 7.45. The van der Waals surface area contributed by atoms with Crippen LogP contribution in [0, 0.1) is 0 Å². The fourth-order valence-corrected chi connectivity index (χ4v) is 7.75. The highest BCUT2D eigenvalue weighted by Gasteiger charge is 2.23. The van der Waals surface area contributed by atoms with E-state index in [4.69, 9.17) is 9.05 Å². The largest absolute Gasteiger partial charge is 0.756 e. The zero-order valence-corrected chi connectivity index (χ0v) is 39.2. The van der Waals surface area contributed by atoms with Crippen LogP contribution in [0.4, 0.5) is 0 Å². The molecule has 3 unspecified atom stereocenters. The Morgan fingerprint density at radius 1 is 0.596 bits per heavy atom. The predicted octanol–water partition coefficient (Wildman–Crippen LogP) is 13.1. The highest BCUT2D eigenvalue weighted by atomic mass is 31.2. The number of nitrogens with one attached hydrogen (secondary N) is 1. The first-order valence-corrected chi connectivity index (χ1v) is 25.7. The number of hydrogen-bond donors (Lipinski definition) is 2. The third kappa shape index (κ3) is 42.9. The lowest BCUT2D eigenvalue weighted by atomic mass is 10.0. The minimum absolute atomic E-state index is 0.000720. The van der Waals surface area contributed by atoms with E-state index < -0.39 is 20.0 Å². The molecule has 0 saturated heterocycles. The van der Waals surface area contributed by atoms with Crippen LogP contribution in [0.1, 0.15) is 226 Å². The molecule has 0 rings (SSSR count). The number of aliphatic hydroxyl groups is 1. The average molecular weight is 827 g/mol. The summed E-state index contributed by atoms with van der Waals surface area (Å²) >= 11 is 0. The number of phosphoric acid groups is 1. The van der Waals surface area contributed by atoms with E-state index in [-0.39, 0.29) is 19.1 Å². The first kappa shape index (κ1) is 56.0. The molecule has 0 fully saturated rings. The summed E-state index contributed by atoms with van der Waals surface area (Å²) < 4.78 is 23.2. The Labute approximate surface area is 354 Å². The van der Waals surface area contributed by atoms with Gasteiger partial charge in [-0.1, -0.05) is 199 Å². The number of nitrogens with zero attached hydrogens (tertiary/aromatic N) is 1. The lowest BCUT2D eigenvalue weighted by Crippen LogP contribution is -2.45. The van der Waals surface area contributed by atoms with Crippen molar-refractivity contribution in [2.45, 2.75) is 238 Å². The first-order valence-electron chi connectivity index (χ1n) is 24.2. The summed E-state index contributed by atoms with van der Waals surface area (Å²) in [5.41, 5.74) is 0. The maximum atomic E-state index is 12.9. The first-order chi connectivity index (χ1) is 27.5. The van der Waals surface area contributed by atoms with Crippen molar-refractivity contribution in [3.63, 3.8) is 0 Å². The molecule has 0 spiro atoms. The number of likely N-dealkylation sites (N-methyl/N-ethyl adjacent to an activating group) is 1. The van der Waals surface area contributed by atoms with Crippen LogP contribution in [0.15, 0.2) is 24.3 Å². The molecule has 0 aromatic rings. The molecular weight excluding hydrogens is 732 g/mol. The Bertz CT molecular complexity index is 984. The standard InChI is InChI=1S/C48H95N2O6P/c1-6-8-10-12-14-16-18-20-21-22-23-24-25-26-27-28-30-32-34-36-38-40-42-48(52)49-46(45-56-57(53,54)55-44-43-50(3,4)5)47(51)41-39-37-35-33-31-29-19-17-15-13-11-9-7-2/h25-26,39,41,46-47,51H,6-24,27-38,40,42-45H2,1-5H3,(H-,49,52,53,54)/b26-25-,41-39+. The highest BCUT2D eigenvalue weighted by Crippen LogP contribution is 2.38. The number of unbranched alkanes of at least 4 members (excludes halogenated alkanes) is 29. The number of hydrogen-bond acceptors (Lipinski definition) is 6. The van der Waals surface area contributed by atoms with Crippen LogP contribution >= 0.6 is 7.82 Å². The van der Waals surface area contributed by atoms with Gasteiger partial charge in [-0.05, 0) is 44.9 Å². The smallest absolute Gasteiger partial charge is 0.268 e. The quantitative estimate of drug-likeness (QED) is 0.0274. The normalized spacial score (nSPS) is 14.4. The van der Waals surface area contributed by atoms with Crippen LogP contribution in [0.3, 0.4) is 0 Å². The van der Waals surface area contributed by atoms with Gasteiger partial charge in [-0.15, -0.1) is 0 Å². The zero-order valence-electron chi connectivity index (χ0n) is 38.3. The summed E-state index contributed by atoms with van der Waals surface area (Å²) in [5.74, 6) is -0.201. The molecule has 8 nitrogen and oxygen atoms in total. The fraction of sp³-hybridized carbons (Fsp3) is 0.896. The van der Waals surface area contributed by atoms with Gasteiger partial charge in [0.2, 0.25) is 5.91 Å². The second-order valence-corrected chi connectivity index (χ2v) is 19.2. The van der Waals surface area contributed by atoms with E-state index in [2.05, 4.69) is 31.3 Å². The van der Waals surface area contributed by atoms with Crippen LogP contribution < -0.4 is 10.2 Å². The molecule has 0 heterocycles. The molecule has 0 aromatic heterocycles. The maximum Gasteiger partial charge on any atom is 0.268 e. The molecular formula is C48H95N2O6P. The number of carbonyl (C=O) groups excluding carboxylic acids is 1. The SMILES string of the molecule is CCCCCCCCCCCCC/C=C\CCCCCCCCCC(=O)NC(COP(=O)([O-])OCC[N+](C)(C)C)C(O)/C=C/CCCCCCCCCCCCC. The van der Waals surface area contributed by atoms with Gasteiger partial charge < -0.3 is 28.8 Å². The molecule has 0 bridgehead atoms. The summed E-state index contributed by atoms with van der Waals surface area (Å²) in [7, 11) is 1.26. The van der Waals surface area contributed by atoms with Gasteiger partial charge in [-0.2, -0.15) is 0 Å². The van der Waals surface area contributed by atoms with E-state index in [9.17, 15) is 19.4 Å². The van der Waals surface area contributed by atoms with E-state index in [1.54, 1.807) is 6.08 Å². The summed E-state index contributed by atoms with van der Waals surface area (Å²) in [6.07, 6.45) is 48.0. The van der Waals surface area contributed by atoms with Gasteiger partial charge in [0.05, 0.1) is 39.9 Å². The second-order valence-electron chi connectivity index (χ2n) is 17.8. The van der Waals surface area contributed by atoms with E-state index in [0.717, 1.165) is 38.5 Å². The third-order valence-corrected chi connectivity index (χ3v) is 11.9. The van der Waals surface area contributed by atoms with Gasteiger partial charge in [-0.3, -0.25) is 9.36 Å².